The molecule has 0 radical (unpaired) electrons. The summed E-state index contributed by atoms with van der Waals surface area (Å²) in [7, 11) is 0. The third-order valence-corrected chi connectivity index (χ3v) is 5.04. The van der Waals surface area contributed by atoms with Gasteiger partial charge in [0.05, 0.1) is 0 Å². The van der Waals surface area contributed by atoms with Crippen molar-refractivity contribution in [3.05, 3.63) is 0 Å². The number of hydrogen-bond acceptors (Lipinski definition) is 3. The zero-order valence-corrected chi connectivity index (χ0v) is 19.0. The molecule has 0 aliphatic carbocycles. The van der Waals surface area contributed by atoms with Crippen molar-refractivity contribution < 1.29 is 24.9 Å². The van der Waals surface area contributed by atoms with Crippen molar-refractivity contribution in [2.24, 2.45) is 0 Å². The predicted octanol–water partition coefficient (Wildman–Crippen LogP) is 6.96. The molecule has 0 heterocycles. The fourth-order valence-electron chi connectivity index (χ4n) is 3.21. The van der Waals surface area contributed by atoms with Gasteiger partial charge in [0.1, 0.15) is 0 Å². The molecule has 3 N–H and O–H groups in total. The number of rotatable bonds is 21. The summed E-state index contributed by atoms with van der Waals surface area (Å²) in [6.07, 6.45) is 22.2. The number of carboxylic acids is 2. The molecule has 5 heteroatoms. The van der Waals surface area contributed by atoms with Crippen LogP contribution in [-0.4, -0.2) is 33.9 Å². The Labute approximate surface area is 179 Å². The van der Waals surface area contributed by atoms with E-state index in [1.54, 1.807) is 0 Å². The molecule has 0 unspecified atom stereocenters. The largest absolute Gasteiger partial charge is 0.481 e. The average molecular weight is 417 g/mol. The molecule has 0 aromatic carbocycles. The van der Waals surface area contributed by atoms with Gasteiger partial charge < -0.3 is 15.3 Å². The molecule has 0 atom stereocenters. The van der Waals surface area contributed by atoms with E-state index in [0.717, 1.165) is 44.9 Å². The standard InChI is InChI=1S/C16H32O2.C8H16O3/c1-2-3-4-5-6-7-8-9-10-11-12-13-14-15-16(17)18;9-7-5-3-1-2-4-6-8(10)11/h2-15H2,1H3,(H,17,18);9H,1-7H2,(H,10,11). The quantitative estimate of drug-likeness (QED) is 0.176. The second kappa shape index (κ2) is 26.9. The average Bonchev–Trinajstić information content (AvgIpc) is 2.68. The van der Waals surface area contributed by atoms with Crippen molar-refractivity contribution in [2.75, 3.05) is 6.61 Å². The van der Waals surface area contributed by atoms with Crippen LogP contribution in [0, 0.1) is 0 Å². The van der Waals surface area contributed by atoms with Gasteiger partial charge in [-0.1, -0.05) is 103 Å². The van der Waals surface area contributed by atoms with Crippen LogP contribution in [0.2, 0.25) is 0 Å². The Hall–Kier alpha value is -1.10. The van der Waals surface area contributed by atoms with E-state index in [4.69, 9.17) is 15.3 Å². The van der Waals surface area contributed by atoms with Crippen LogP contribution in [0.1, 0.15) is 135 Å². The lowest BCUT2D eigenvalue weighted by Gasteiger charge is -2.02. The van der Waals surface area contributed by atoms with Crippen LogP contribution in [0.15, 0.2) is 0 Å². The second-order valence-electron chi connectivity index (χ2n) is 8.02. The molecule has 0 aliphatic heterocycles. The molecule has 29 heavy (non-hydrogen) atoms. The van der Waals surface area contributed by atoms with E-state index in [1.807, 2.05) is 0 Å². The molecule has 0 aromatic rings. The van der Waals surface area contributed by atoms with Crippen molar-refractivity contribution in [3.63, 3.8) is 0 Å². The molecule has 0 aromatic heterocycles. The molecule has 0 saturated heterocycles. The maximum absolute atomic E-state index is 10.3. The number of carboxylic acid groups (broad SMARTS) is 2. The fraction of sp³-hybridized carbons (Fsp3) is 0.917. The van der Waals surface area contributed by atoms with Gasteiger partial charge in [0.25, 0.3) is 0 Å². The zero-order valence-electron chi connectivity index (χ0n) is 19.0. The Morgan fingerprint density at radius 1 is 0.483 bits per heavy atom. The summed E-state index contributed by atoms with van der Waals surface area (Å²) in [4.78, 5) is 20.3. The van der Waals surface area contributed by atoms with Crippen molar-refractivity contribution in [2.45, 2.75) is 135 Å². The van der Waals surface area contributed by atoms with Gasteiger partial charge in [0, 0.05) is 19.4 Å². The highest BCUT2D eigenvalue weighted by Gasteiger charge is 1.97. The van der Waals surface area contributed by atoms with Gasteiger partial charge in [-0.05, 0) is 19.3 Å². The Kier molecular flexibility index (Phi) is 27.9. The summed E-state index contributed by atoms with van der Waals surface area (Å²) in [6, 6.07) is 0. The van der Waals surface area contributed by atoms with Crippen LogP contribution in [-0.2, 0) is 9.59 Å². The first kappa shape index (κ1) is 30.1. The van der Waals surface area contributed by atoms with Crippen LogP contribution in [0.4, 0.5) is 0 Å². The molecule has 0 spiro atoms. The van der Waals surface area contributed by atoms with Crippen LogP contribution < -0.4 is 0 Å². The third kappa shape index (κ3) is 34.8. The predicted molar refractivity (Wildman–Crippen MR) is 120 cm³/mol. The molecule has 0 rings (SSSR count). The number of hydrogen-bond donors (Lipinski definition) is 3. The van der Waals surface area contributed by atoms with Crippen LogP contribution in [0.25, 0.3) is 0 Å². The second-order valence-corrected chi connectivity index (χ2v) is 8.02. The van der Waals surface area contributed by atoms with E-state index >= 15 is 0 Å². The Bertz CT molecular complexity index is 344. The smallest absolute Gasteiger partial charge is 0.303 e. The molecule has 0 amide bonds. The molecule has 174 valence electrons. The molecule has 0 saturated carbocycles. The third-order valence-electron chi connectivity index (χ3n) is 5.04. The summed E-state index contributed by atoms with van der Waals surface area (Å²) < 4.78 is 0. The Morgan fingerprint density at radius 2 is 0.759 bits per heavy atom. The van der Waals surface area contributed by atoms with E-state index < -0.39 is 11.9 Å². The van der Waals surface area contributed by atoms with Gasteiger partial charge in [0.2, 0.25) is 0 Å². The summed E-state index contributed by atoms with van der Waals surface area (Å²) in [5.41, 5.74) is 0. The number of carbonyl (C=O) groups is 2. The lowest BCUT2D eigenvalue weighted by atomic mass is 10.0. The maximum Gasteiger partial charge on any atom is 0.303 e. The van der Waals surface area contributed by atoms with Crippen molar-refractivity contribution >= 4 is 11.9 Å². The number of unbranched alkanes of at least 4 members (excludes halogenated alkanes) is 16. The zero-order chi connectivity index (χ0) is 22.0. The summed E-state index contributed by atoms with van der Waals surface area (Å²) >= 11 is 0. The van der Waals surface area contributed by atoms with E-state index in [1.165, 1.54) is 70.6 Å². The van der Waals surface area contributed by atoms with Gasteiger partial charge in [-0.15, -0.1) is 0 Å². The summed E-state index contributed by atoms with van der Waals surface area (Å²) in [5.74, 6) is -1.37. The first-order valence-electron chi connectivity index (χ1n) is 12.1. The number of aliphatic hydroxyl groups excluding tert-OH is 1. The lowest BCUT2D eigenvalue weighted by Crippen LogP contribution is -1.93. The van der Waals surface area contributed by atoms with Crippen molar-refractivity contribution in [1.82, 2.24) is 0 Å². The van der Waals surface area contributed by atoms with Gasteiger partial charge in [-0.2, -0.15) is 0 Å². The van der Waals surface area contributed by atoms with E-state index in [-0.39, 0.29) is 13.0 Å². The van der Waals surface area contributed by atoms with Gasteiger partial charge in [0.15, 0.2) is 0 Å². The van der Waals surface area contributed by atoms with Gasteiger partial charge in [-0.3, -0.25) is 9.59 Å². The van der Waals surface area contributed by atoms with Crippen LogP contribution in [0.3, 0.4) is 0 Å². The van der Waals surface area contributed by atoms with E-state index in [0.29, 0.717) is 6.42 Å². The maximum atomic E-state index is 10.3. The van der Waals surface area contributed by atoms with E-state index in [9.17, 15) is 9.59 Å². The fourth-order valence-corrected chi connectivity index (χ4v) is 3.21. The Morgan fingerprint density at radius 3 is 1.03 bits per heavy atom. The highest BCUT2D eigenvalue weighted by Crippen LogP contribution is 2.12. The minimum Gasteiger partial charge on any atom is -0.481 e. The normalized spacial score (nSPS) is 10.4. The van der Waals surface area contributed by atoms with Gasteiger partial charge >= 0.3 is 11.9 Å². The number of aliphatic hydroxyl groups is 1. The molecule has 0 bridgehead atoms. The highest BCUT2D eigenvalue weighted by atomic mass is 16.4. The first-order chi connectivity index (χ1) is 14.0. The summed E-state index contributed by atoms with van der Waals surface area (Å²) in [6.45, 7) is 2.51. The summed E-state index contributed by atoms with van der Waals surface area (Å²) in [5, 5.41) is 25.2. The topological polar surface area (TPSA) is 94.8 Å². The molecule has 5 nitrogen and oxygen atoms in total. The van der Waals surface area contributed by atoms with Crippen molar-refractivity contribution in [3.8, 4) is 0 Å². The van der Waals surface area contributed by atoms with Crippen molar-refractivity contribution in [1.29, 1.82) is 0 Å². The SMILES string of the molecule is CCCCCCCCCCCCCCCC(=O)O.O=C(O)CCCCCCCO. The lowest BCUT2D eigenvalue weighted by molar-refractivity contribution is -0.138. The molecule has 0 fully saturated rings. The molecular formula is C24H48O5. The first-order valence-corrected chi connectivity index (χ1v) is 12.1. The highest BCUT2D eigenvalue weighted by molar-refractivity contribution is 5.66. The van der Waals surface area contributed by atoms with Crippen LogP contribution >= 0.6 is 0 Å². The van der Waals surface area contributed by atoms with E-state index in [2.05, 4.69) is 6.92 Å². The number of aliphatic carboxylic acids is 2. The Balaban J connectivity index is 0. The monoisotopic (exact) mass is 416 g/mol. The minimum absolute atomic E-state index is 0.249. The molecule has 0 aliphatic rings. The molecular weight excluding hydrogens is 368 g/mol. The van der Waals surface area contributed by atoms with Crippen LogP contribution in [0.5, 0.6) is 0 Å². The minimum atomic E-state index is -0.716. The van der Waals surface area contributed by atoms with Gasteiger partial charge in [-0.25, -0.2) is 0 Å².